The third-order valence-corrected chi connectivity index (χ3v) is 3.95. The van der Waals surface area contributed by atoms with Crippen molar-refractivity contribution in [2.75, 3.05) is 6.54 Å². The standard InChI is InChI=1S/C17H14N4O/c18-8-13-10-21-17-16(13)15(4-6-20-17)22-14-2-1-11-3-5-19-9-12(11)7-14/h1-2,4,6-7,10,19H,3,5,9H2,(H,20,21). The molecule has 0 saturated carbocycles. The predicted octanol–water partition coefficient (Wildman–Crippen LogP) is 2.87. The van der Waals surface area contributed by atoms with Crippen LogP contribution in [0.3, 0.4) is 0 Å². The fourth-order valence-electron chi connectivity index (χ4n) is 2.85. The highest BCUT2D eigenvalue weighted by Crippen LogP contribution is 2.32. The van der Waals surface area contributed by atoms with Gasteiger partial charge < -0.3 is 15.0 Å². The number of ether oxygens (including phenoxy) is 1. The van der Waals surface area contributed by atoms with Crippen molar-refractivity contribution >= 4 is 11.0 Å². The van der Waals surface area contributed by atoms with E-state index in [9.17, 15) is 5.26 Å². The summed E-state index contributed by atoms with van der Waals surface area (Å²) in [6.07, 6.45) is 4.38. The number of fused-ring (bicyclic) bond motifs is 2. The first-order valence-electron chi connectivity index (χ1n) is 7.22. The molecule has 0 saturated heterocycles. The lowest BCUT2D eigenvalue weighted by atomic mass is 10.0. The van der Waals surface area contributed by atoms with Gasteiger partial charge in [-0.1, -0.05) is 6.07 Å². The lowest BCUT2D eigenvalue weighted by Crippen LogP contribution is -2.23. The summed E-state index contributed by atoms with van der Waals surface area (Å²) in [5, 5.41) is 13.3. The third-order valence-electron chi connectivity index (χ3n) is 3.95. The van der Waals surface area contributed by atoms with Gasteiger partial charge in [0.05, 0.1) is 10.9 Å². The van der Waals surface area contributed by atoms with Crippen LogP contribution in [0, 0.1) is 11.3 Å². The van der Waals surface area contributed by atoms with E-state index in [1.165, 1.54) is 11.1 Å². The first-order valence-corrected chi connectivity index (χ1v) is 7.22. The Morgan fingerprint density at radius 3 is 3.09 bits per heavy atom. The minimum Gasteiger partial charge on any atom is -0.456 e. The third kappa shape index (κ3) is 2.10. The first-order chi connectivity index (χ1) is 10.8. The topological polar surface area (TPSA) is 73.7 Å². The highest BCUT2D eigenvalue weighted by atomic mass is 16.5. The molecule has 108 valence electrons. The number of hydrogen-bond donors (Lipinski definition) is 2. The van der Waals surface area contributed by atoms with Crippen LogP contribution >= 0.6 is 0 Å². The van der Waals surface area contributed by atoms with Gasteiger partial charge in [-0.15, -0.1) is 0 Å². The summed E-state index contributed by atoms with van der Waals surface area (Å²) in [6.45, 7) is 1.89. The molecule has 22 heavy (non-hydrogen) atoms. The van der Waals surface area contributed by atoms with Gasteiger partial charge >= 0.3 is 0 Å². The molecule has 0 spiro atoms. The zero-order chi connectivity index (χ0) is 14.9. The number of hydrogen-bond acceptors (Lipinski definition) is 4. The molecule has 0 fully saturated rings. The number of nitriles is 1. The number of nitrogens with one attached hydrogen (secondary N) is 2. The second-order valence-corrected chi connectivity index (χ2v) is 5.31. The van der Waals surface area contributed by atoms with Gasteiger partial charge in [-0.3, -0.25) is 0 Å². The van der Waals surface area contributed by atoms with Crippen LogP contribution in [-0.2, 0) is 13.0 Å². The Morgan fingerprint density at radius 2 is 2.18 bits per heavy atom. The van der Waals surface area contributed by atoms with Crippen LogP contribution in [-0.4, -0.2) is 16.5 Å². The number of aromatic nitrogens is 2. The Labute approximate surface area is 127 Å². The van der Waals surface area contributed by atoms with Crippen LogP contribution in [0.5, 0.6) is 11.5 Å². The fourth-order valence-corrected chi connectivity index (χ4v) is 2.85. The Kier molecular flexibility index (Phi) is 3.02. The van der Waals surface area contributed by atoms with Gasteiger partial charge in [0.25, 0.3) is 0 Å². The van der Waals surface area contributed by atoms with Gasteiger partial charge in [0.1, 0.15) is 23.2 Å². The molecule has 0 atom stereocenters. The molecule has 2 N–H and O–H groups in total. The van der Waals surface area contributed by atoms with E-state index in [0.717, 1.165) is 30.6 Å². The average Bonchev–Trinajstić information content (AvgIpc) is 2.99. The molecule has 1 aromatic carbocycles. The van der Waals surface area contributed by atoms with Crippen molar-refractivity contribution in [3.05, 3.63) is 53.3 Å². The quantitative estimate of drug-likeness (QED) is 0.761. The molecule has 3 heterocycles. The summed E-state index contributed by atoms with van der Waals surface area (Å²) < 4.78 is 6.02. The monoisotopic (exact) mass is 290 g/mol. The number of H-pyrrole nitrogens is 1. The summed E-state index contributed by atoms with van der Waals surface area (Å²) in [7, 11) is 0. The van der Waals surface area contributed by atoms with Gasteiger partial charge in [0.2, 0.25) is 0 Å². The van der Waals surface area contributed by atoms with Gasteiger partial charge in [0, 0.05) is 18.9 Å². The Balaban J connectivity index is 1.75. The predicted molar refractivity (Wildman–Crippen MR) is 82.7 cm³/mol. The lowest BCUT2D eigenvalue weighted by molar-refractivity contribution is 0.485. The zero-order valence-electron chi connectivity index (χ0n) is 11.9. The highest BCUT2D eigenvalue weighted by Gasteiger charge is 2.13. The molecule has 5 heteroatoms. The molecule has 1 aliphatic heterocycles. The molecule has 3 aromatic rings. The summed E-state index contributed by atoms with van der Waals surface area (Å²) >= 11 is 0. The van der Waals surface area contributed by atoms with Gasteiger partial charge in [0.15, 0.2) is 0 Å². The van der Waals surface area contributed by atoms with Gasteiger partial charge in [-0.2, -0.15) is 5.26 Å². The Hall–Kier alpha value is -2.84. The van der Waals surface area contributed by atoms with Crippen LogP contribution in [0.25, 0.3) is 11.0 Å². The molecular weight excluding hydrogens is 276 g/mol. The second kappa shape index (κ2) is 5.17. The lowest BCUT2D eigenvalue weighted by Gasteiger charge is -2.18. The van der Waals surface area contributed by atoms with Crippen molar-refractivity contribution in [1.29, 1.82) is 5.26 Å². The molecular formula is C17H14N4O. The van der Waals surface area contributed by atoms with E-state index in [1.54, 1.807) is 18.5 Å². The summed E-state index contributed by atoms with van der Waals surface area (Å²) in [5.41, 5.74) is 3.83. The van der Waals surface area contributed by atoms with Crippen molar-refractivity contribution in [3.8, 4) is 17.6 Å². The number of pyridine rings is 1. The Morgan fingerprint density at radius 1 is 1.23 bits per heavy atom. The largest absolute Gasteiger partial charge is 0.456 e. The molecule has 0 amide bonds. The normalized spacial score (nSPS) is 13.6. The molecule has 5 nitrogen and oxygen atoms in total. The van der Waals surface area contributed by atoms with E-state index in [-0.39, 0.29) is 0 Å². The van der Waals surface area contributed by atoms with E-state index in [2.05, 4.69) is 33.5 Å². The van der Waals surface area contributed by atoms with Crippen LogP contribution in [0.1, 0.15) is 16.7 Å². The zero-order valence-corrected chi connectivity index (χ0v) is 11.9. The van der Waals surface area contributed by atoms with Crippen LogP contribution in [0.15, 0.2) is 36.7 Å². The second-order valence-electron chi connectivity index (χ2n) is 5.31. The number of rotatable bonds is 2. The molecule has 2 aromatic heterocycles. The van der Waals surface area contributed by atoms with E-state index in [0.29, 0.717) is 17.0 Å². The van der Waals surface area contributed by atoms with Crippen molar-refractivity contribution in [3.63, 3.8) is 0 Å². The number of nitrogens with zero attached hydrogens (tertiary/aromatic N) is 2. The molecule has 1 aliphatic rings. The summed E-state index contributed by atoms with van der Waals surface area (Å²) in [5.74, 6) is 1.42. The summed E-state index contributed by atoms with van der Waals surface area (Å²) in [6, 6.07) is 10.1. The molecule has 0 radical (unpaired) electrons. The van der Waals surface area contributed by atoms with E-state index < -0.39 is 0 Å². The molecule has 4 rings (SSSR count). The van der Waals surface area contributed by atoms with Crippen molar-refractivity contribution < 1.29 is 4.74 Å². The van der Waals surface area contributed by atoms with E-state index >= 15 is 0 Å². The smallest absolute Gasteiger partial charge is 0.142 e. The fraction of sp³-hybridized carbons (Fsp3) is 0.176. The van der Waals surface area contributed by atoms with Gasteiger partial charge in [-0.05, 0) is 42.3 Å². The van der Waals surface area contributed by atoms with Crippen LogP contribution in [0.4, 0.5) is 0 Å². The first kappa shape index (κ1) is 12.9. The maximum Gasteiger partial charge on any atom is 0.142 e. The minimum absolute atomic E-state index is 0.540. The molecule has 0 unspecified atom stereocenters. The maximum atomic E-state index is 9.21. The number of benzene rings is 1. The summed E-state index contributed by atoms with van der Waals surface area (Å²) in [4.78, 5) is 7.22. The SMILES string of the molecule is N#Cc1c[nH]c2nccc(Oc3ccc4c(c3)CNCC4)c12. The average molecular weight is 290 g/mol. The maximum absolute atomic E-state index is 9.21. The van der Waals surface area contributed by atoms with E-state index in [1.807, 2.05) is 6.07 Å². The minimum atomic E-state index is 0.540. The van der Waals surface area contributed by atoms with Gasteiger partial charge in [-0.25, -0.2) is 4.98 Å². The van der Waals surface area contributed by atoms with Crippen molar-refractivity contribution in [1.82, 2.24) is 15.3 Å². The van der Waals surface area contributed by atoms with Crippen LogP contribution in [0.2, 0.25) is 0 Å². The highest BCUT2D eigenvalue weighted by molar-refractivity contribution is 5.88. The van der Waals surface area contributed by atoms with Crippen molar-refractivity contribution in [2.45, 2.75) is 13.0 Å². The molecule has 0 aliphatic carbocycles. The molecule has 0 bridgehead atoms. The van der Waals surface area contributed by atoms with E-state index in [4.69, 9.17) is 4.74 Å². The van der Waals surface area contributed by atoms with Crippen molar-refractivity contribution in [2.24, 2.45) is 0 Å². The Bertz CT molecular complexity index is 891. The van der Waals surface area contributed by atoms with Crippen LogP contribution < -0.4 is 10.1 Å². The number of aromatic amines is 1.